The quantitative estimate of drug-likeness (QED) is 0.662. The van der Waals surface area contributed by atoms with Crippen LogP contribution < -0.4 is 5.32 Å². The van der Waals surface area contributed by atoms with Gasteiger partial charge in [0.15, 0.2) is 0 Å². The van der Waals surface area contributed by atoms with Crippen molar-refractivity contribution in [3.63, 3.8) is 0 Å². The number of rotatable bonds is 4. The summed E-state index contributed by atoms with van der Waals surface area (Å²) in [6.45, 7) is 4.03. The number of carbonyl (C=O) groups excluding carboxylic acids is 1. The van der Waals surface area contributed by atoms with Gasteiger partial charge < -0.3 is 4.74 Å². The highest BCUT2D eigenvalue weighted by Gasteiger charge is 2.28. The van der Waals surface area contributed by atoms with Crippen LogP contribution in [0.3, 0.4) is 0 Å². The molecule has 3 heteroatoms. The molecule has 0 aromatic heterocycles. The molecule has 1 aliphatic rings. The van der Waals surface area contributed by atoms with Gasteiger partial charge in [0.2, 0.25) is 0 Å². The second-order valence-corrected chi connectivity index (χ2v) is 6.28. The lowest BCUT2D eigenvalue weighted by Crippen LogP contribution is -2.17. The number of anilines is 1. The highest BCUT2D eigenvalue weighted by Crippen LogP contribution is 2.44. The van der Waals surface area contributed by atoms with Crippen LogP contribution in [-0.4, -0.2) is 12.7 Å². The van der Waals surface area contributed by atoms with Crippen LogP contribution >= 0.6 is 0 Å². The standard InChI is InChI=1S/C23H19NO2/c1-2-16-11-13-17(14-12-16)24-23(25)26-15-22-20-9-5-3-7-18(20)19-8-4-6-10-21(19)22/h2-14,22H,1,15H2,(H,24,25). The molecule has 4 rings (SSSR count). The van der Waals surface area contributed by atoms with E-state index in [-0.39, 0.29) is 5.92 Å². The zero-order valence-corrected chi connectivity index (χ0v) is 14.3. The summed E-state index contributed by atoms with van der Waals surface area (Å²) in [5.41, 5.74) is 6.55. The number of hydrogen-bond acceptors (Lipinski definition) is 2. The first-order chi connectivity index (χ1) is 12.8. The Kier molecular flexibility index (Phi) is 4.28. The summed E-state index contributed by atoms with van der Waals surface area (Å²) in [5.74, 6) is 0.0660. The van der Waals surface area contributed by atoms with Crippen LogP contribution in [0.5, 0.6) is 0 Å². The number of carbonyl (C=O) groups is 1. The van der Waals surface area contributed by atoms with E-state index in [1.54, 1.807) is 6.08 Å². The van der Waals surface area contributed by atoms with Crippen molar-refractivity contribution in [2.45, 2.75) is 5.92 Å². The molecule has 0 atom stereocenters. The van der Waals surface area contributed by atoms with E-state index < -0.39 is 6.09 Å². The summed E-state index contributed by atoms with van der Waals surface area (Å²) < 4.78 is 5.53. The van der Waals surface area contributed by atoms with Crippen LogP contribution in [0, 0.1) is 0 Å². The summed E-state index contributed by atoms with van der Waals surface area (Å²) in [4.78, 5) is 12.2. The average molecular weight is 341 g/mol. The summed E-state index contributed by atoms with van der Waals surface area (Å²) in [6.07, 6.45) is 1.31. The van der Waals surface area contributed by atoms with Crippen molar-refractivity contribution in [2.24, 2.45) is 0 Å². The molecule has 0 saturated carbocycles. The van der Waals surface area contributed by atoms with Crippen LogP contribution in [0.15, 0.2) is 79.4 Å². The van der Waals surface area contributed by atoms with Gasteiger partial charge in [-0.3, -0.25) is 5.32 Å². The van der Waals surface area contributed by atoms with E-state index in [4.69, 9.17) is 4.74 Å². The molecule has 3 aromatic rings. The molecular weight excluding hydrogens is 322 g/mol. The van der Waals surface area contributed by atoms with Crippen molar-refractivity contribution in [1.82, 2.24) is 0 Å². The second-order valence-electron chi connectivity index (χ2n) is 6.28. The zero-order valence-electron chi connectivity index (χ0n) is 14.3. The lowest BCUT2D eigenvalue weighted by Gasteiger charge is -2.14. The third-order valence-electron chi connectivity index (χ3n) is 4.74. The Morgan fingerprint density at radius 2 is 1.50 bits per heavy atom. The topological polar surface area (TPSA) is 38.3 Å². The molecule has 26 heavy (non-hydrogen) atoms. The maximum Gasteiger partial charge on any atom is 0.411 e. The molecule has 0 aliphatic heterocycles. The van der Waals surface area contributed by atoms with Crippen molar-refractivity contribution in [1.29, 1.82) is 0 Å². The van der Waals surface area contributed by atoms with E-state index in [1.165, 1.54) is 22.3 Å². The van der Waals surface area contributed by atoms with Crippen LogP contribution in [0.25, 0.3) is 17.2 Å². The number of nitrogens with one attached hydrogen (secondary N) is 1. The molecule has 0 fully saturated rings. The minimum Gasteiger partial charge on any atom is -0.448 e. The van der Waals surface area contributed by atoms with Crippen LogP contribution in [-0.2, 0) is 4.74 Å². The first-order valence-electron chi connectivity index (χ1n) is 8.61. The molecule has 0 bridgehead atoms. The van der Waals surface area contributed by atoms with Crippen molar-refractivity contribution in [3.8, 4) is 11.1 Å². The molecule has 0 radical (unpaired) electrons. The Morgan fingerprint density at radius 3 is 2.08 bits per heavy atom. The van der Waals surface area contributed by atoms with Gasteiger partial charge in [0.1, 0.15) is 6.61 Å². The van der Waals surface area contributed by atoms with Gasteiger partial charge in [-0.2, -0.15) is 0 Å². The minimum atomic E-state index is -0.446. The van der Waals surface area contributed by atoms with Crippen LogP contribution in [0.4, 0.5) is 10.5 Å². The molecule has 0 spiro atoms. The zero-order chi connectivity index (χ0) is 17.9. The molecule has 1 N–H and O–H groups in total. The van der Waals surface area contributed by atoms with Crippen molar-refractivity contribution >= 4 is 17.9 Å². The smallest absolute Gasteiger partial charge is 0.411 e. The maximum absolute atomic E-state index is 12.2. The van der Waals surface area contributed by atoms with Gasteiger partial charge in [0.05, 0.1) is 0 Å². The fourth-order valence-electron chi connectivity index (χ4n) is 3.45. The van der Waals surface area contributed by atoms with Crippen molar-refractivity contribution in [3.05, 3.63) is 96.1 Å². The van der Waals surface area contributed by atoms with Gasteiger partial charge in [-0.1, -0.05) is 73.3 Å². The molecule has 0 unspecified atom stereocenters. The number of hydrogen-bond donors (Lipinski definition) is 1. The molecule has 0 heterocycles. The second kappa shape index (κ2) is 6.89. The van der Waals surface area contributed by atoms with E-state index in [0.717, 1.165) is 5.56 Å². The molecular formula is C23H19NO2. The van der Waals surface area contributed by atoms with Crippen LogP contribution in [0.1, 0.15) is 22.6 Å². The Labute approximate surface area is 152 Å². The lowest BCUT2D eigenvalue weighted by molar-refractivity contribution is 0.158. The number of fused-ring (bicyclic) bond motifs is 3. The largest absolute Gasteiger partial charge is 0.448 e. The van der Waals surface area contributed by atoms with E-state index in [2.05, 4.69) is 36.2 Å². The Balaban J connectivity index is 1.47. The molecule has 1 aliphatic carbocycles. The summed E-state index contributed by atoms with van der Waals surface area (Å²) in [7, 11) is 0. The number of ether oxygens (including phenoxy) is 1. The van der Waals surface area contributed by atoms with Crippen LogP contribution in [0.2, 0.25) is 0 Å². The fourth-order valence-corrected chi connectivity index (χ4v) is 3.45. The fraction of sp³-hybridized carbons (Fsp3) is 0.0870. The maximum atomic E-state index is 12.2. The van der Waals surface area contributed by atoms with E-state index >= 15 is 0 Å². The summed E-state index contributed by atoms with van der Waals surface area (Å²) >= 11 is 0. The third-order valence-corrected chi connectivity index (χ3v) is 4.74. The highest BCUT2D eigenvalue weighted by molar-refractivity contribution is 5.85. The molecule has 1 amide bonds. The van der Waals surface area contributed by atoms with E-state index in [9.17, 15) is 4.79 Å². The van der Waals surface area contributed by atoms with Gasteiger partial charge in [0, 0.05) is 11.6 Å². The predicted octanol–water partition coefficient (Wildman–Crippen LogP) is 5.69. The average Bonchev–Trinajstić information content (AvgIpc) is 3.01. The molecule has 3 nitrogen and oxygen atoms in total. The van der Waals surface area contributed by atoms with Gasteiger partial charge in [-0.25, -0.2) is 4.79 Å². The number of benzene rings is 3. The lowest BCUT2D eigenvalue weighted by atomic mass is 9.98. The number of amides is 1. The Hall–Kier alpha value is -3.33. The van der Waals surface area contributed by atoms with Gasteiger partial charge in [0.25, 0.3) is 0 Å². The van der Waals surface area contributed by atoms with Crippen molar-refractivity contribution < 1.29 is 9.53 Å². The van der Waals surface area contributed by atoms with E-state index in [0.29, 0.717) is 12.3 Å². The van der Waals surface area contributed by atoms with Gasteiger partial charge in [-0.05, 0) is 39.9 Å². The molecule has 128 valence electrons. The normalized spacial score (nSPS) is 12.2. The third kappa shape index (κ3) is 3.00. The minimum absolute atomic E-state index is 0.0660. The SMILES string of the molecule is C=Cc1ccc(NC(=O)OCC2c3ccccc3-c3ccccc32)cc1. The first kappa shape index (κ1) is 16.2. The monoisotopic (exact) mass is 341 g/mol. The molecule has 3 aromatic carbocycles. The van der Waals surface area contributed by atoms with Crippen molar-refractivity contribution in [2.75, 3.05) is 11.9 Å². The Morgan fingerprint density at radius 1 is 0.923 bits per heavy atom. The van der Waals surface area contributed by atoms with Gasteiger partial charge in [-0.15, -0.1) is 0 Å². The Bertz CT molecular complexity index is 914. The van der Waals surface area contributed by atoms with E-state index in [1.807, 2.05) is 48.5 Å². The summed E-state index contributed by atoms with van der Waals surface area (Å²) in [5, 5.41) is 2.77. The highest BCUT2D eigenvalue weighted by atomic mass is 16.5. The first-order valence-corrected chi connectivity index (χ1v) is 8.61. The van der Waals surface area contributed by atoms with Gasteiger partial charge >= 0.3 is 6.09 Å². The predicted molar refractivity (Wildman–Crippen MR) is 105 cm³/mol. The molecule has 0 saturated heterocycles. The summed E-state index contributed by atoms with van der Waals surface area (Å²) in [6, 6.07) is 24.0.